The average molecular weight is 242 g/mol. The van der Waals surface area contributed by atoms with Crippen molar-refractivity contribution in [2.24, 2.45) is 0 Å². The van der Waals surface area contributed by atoms with Crippen LogP contribution in [0.25, 0.3) is 0 Å². The molecule has 0 aromatic heterocycles. The molecule has 2 aromatic carbocycles. The van der Waals surface area contributed by atoms with E-state index in [0.717, 1.165) is 5.56 Å². The van der Waals surface area contributed by atoms with E-state index in [1.54, 1.807) is 30.3 Å². The summed E-state index contributed by atoms with van der Waals surface area (Å²) in [6, 6.07) is 12.9. The molecule has 0 fully saturated rings. The maximum atomic E-state index is 12.7. The molecule has 90 valence electrons. The van der Waals surface area contributed by atoms with E-state index >= 15 is 0 Å². The second-order valence-corrected chi connectivity index (χ2v) is 3.78. The van der Waals surface area contributed by atoms with Gasteiger partial charge in [0.25, 0.3) is 0 Å². The predicted molar refractivity (Wildman–Crippen MR) is 66.3 cm³/mol. The van der Waals surface area contributed by atoms with Crippen molar-refractivity contribution in [1.29, 1.82) is 5.26 Å². The first-order valence-electron chi connectivity index (χ1n) is 5.36. The van der Waals surface area contributed by atoms with Gasteiger partial charge in [0.1, 0.15) is 24.2 Å². The zero-order valence-corrected chi connectivity index (χ0v) is 9.56. The van der Waals surface area contributed by atoms with Gasteiger partial charge in [-0.1, -0.05) is 12.1 Å². The van der Waals surface area contributed by atoms with Crippen LogP contribution in [0.5, 0.6) is 5.75 Å². The maximum Gasteiger partial charge on any atom is 0.137 e. The molecule has 0 saturated carbocycles. The fraction of sp³-hybridized carbons (Fsp3) is 0.0714. The number of nitrogen functional groups attached to an aromatic ring is 1. The second-order valence-electron chi connectivity index (χ2n) is 3.78. The molecule has 4 heteroatoms. The minimum absolute atomic E-state index is 0.277. The number of nitrogens with two attached hydrogens (primary N) is 1. The lowest BCUT2D eigenvalue weighted by molar-refractivity contribution is 0.305. The van der Waals surface area contributed by atoms with E-state index in [1.807, 2.05) is 6.07 Å². The summed E-state index contributed by atoms with van der Waals surface area (Å²) in [6.07, 6.45) is 0. The highest BCUT2D eigenvalue weighted by Crippen LogP contribution is 2.21. The summed E-state index contributed by atoms with van der Waals surface area (Å²) >= 11 is 0. The summed E-state index contributed by atoms with van der Waals surface area (Å²) < 4.78 is 18.2. The lowest BCUT2D eigenvalue weighted by Gasteiger charge is -2.08. The van der Waals surface area contributed by atoms with Crippen LogP contribution in [0, 0.1) is 17.1 Å². The molecular weight excluding hydrogens is 231 g/mol. The third kappa shape index (κ3) is 2.77. The quantitative estimate of drug-likeness (QED) is 0.842. The van der Waals surface area contributed by atoms with E-state index in [-0.39, 0.29) is 12.4 Å². The highest BCUT2D eigenvalue weighted by molar-refractivity contribution is 5.53. The highest BCUT2D eigenvalue weighted by Gasteiger charge is 2.04. The number of ether oxygens (including phenoxy) is 1. The number of rotatable bonds is 3. The second kappa shape index (κ2) is 5.19. The van der Waals surface area contributed by atoms with Crippen molar-refractivity contribution in [3.8, 4) is 11.8 Å². The highest BCUT2D eigenvalue weighted by atomic mass is 19.1. The van der Waals surface area contributed by atoms with Crippen molar-refractivity contribution in [1.82, 2.24) is 0 Å². The standard InChI is InChI=1S/C14H11FN2O/c15-12-3-1-10(2-4-12)9-18-14-6-5-13(17)7-11(14)8-16/h1-7H,9,17H2. The molecule has 2 aromatic rings. The van der Waals surface area contributed by atoms with Crippen LogP contribution in [0.1, 0.15) is 11.1 Å². The first-order valence-corrected chi connectivity index (χ1v) is 5.36. The van der Waals surface area contributed by atoms with Crippen molar-refractivity contribution in [3.63, 3.8) is 0 Å². The molecule has 2 rings (SSSR count). The SMILES string of the molecule is N#Cc1cc(N)ccc1OCc1ccc(F)cc1. The predicted octanol–water partition coefficient (Wildman–Crippen LogP) is 2.86. The molecule has 0 bridgehead atoms. The zero-order chi connectivity index (χ0) is 13.0. The molecule has 2 N–H and O–H groups in total. The third-order valence-corrected chi connectivity index (χ3v) is 2.43. The van der Waals surface area contributed by atoms with Crippen LogP contribution in [0.3, 0.4) is 0 Å². The first kappa shape index (κ1) is 11.9. The summed E-state index contributed by atoms with van der Waals surface area (Å²) in [7, 11) is 0. The number of nitrogens with zero attached hydrogens (tertiary/aromatic N) is 1. The largest absolute Gasteiger partial charge is 0.488 e. The van der Waals surface area contributed by atoms with Crippen molar-refractivity contribution < 1.29 is 9.13 Å². The zero-order valence-electron chi connectivity index (χ0n) is 9.56. The molecule has 0 aliphatic heterocycles. The van der Waals surface area contributed by atoms with E-state index in [9.17, 15) is 4.39 Å². The number of halogens is 1. The van der Waals surface area contributed by atoms with Gasteiger partial charge in [-0.3, -0.25) is 0 Å². The molecule has 0 spiro atoms. The van der Waals surface area contributed by atoms with E-state index in [1.165, 1.54) is 12.1 Å². The van der Waals surface area contributed by atoms with Gasteiger partial charge in [-0.2, -0.15) is 5.26 Å². The molecule has 3 nitrogen and oxygen atoms in total. The Morgan fingerprint density at radius 1 is 1.17 bits per heavy atom. The van der Waals surface area contributed by atoms with Crippen molar-refractivity contribution in [2.45, 2.75) is 6.61 Å². The normalized spacial score (nSPS) is 9.78. The van der Waals surface area contributed by atoms with Gasteiger partial charge in [-0.05, 0) is 35.9 Å². The first-order chi connectivity index (χ1) is 8.69. The van der Waals surface area contributed by atoms with Crippen LogP contribution in [0.15, 0.2) is 42.5 Å². The summed E-state index contributed by atoms with van der Waals surface area (Å²) in [4.78, 5) is 0. The smallest absolute Gasteiger partial charge is 0.137 e. The summed E-state index contributed by atoms with van der Waals surface area (Å²) in [5, 5.41) is 8.94. The van der Waals surface area contributed by atoms with E-state index in [0.29, 0.717) is 17.0 Å². The molecule has 0 radical (unpaired) electrons. The molecule has 0 unspecified atom stereocenters. The van der Waals surface area contributed by atoms with Gasteiger partial charge in [0.15, 0.2) is 0 Å². The molecule has 0 saturated heterocycles. The fourth-order valence-electron chi connectivity index (χ4n) is 1.50. The number of anilines is 1. The Kier molecular flexibility index (Phi) is 3.44. The Labute approximate surface area is 104 Å². The Bertz CT molecular complexity index is 588. The Hall–Kier alpha value is -2.54. The Morgan fingerprint density at radius 2 is 1.89 bits per heavy atom. The van der Waals surface area contributed by atoms with E-state index in [4.69, 9.17) is 15.7 Å². The Morgan fingerprint density at radius 3 is 2.56 bits per heavy atom. The van der Waals surface area contributed by atoms with Gasteiger partial charge in [0.2, 0.25) is 0 Å². The molecular formula is C14H11FN2O. The molecule has 0 heterocycles. The van der Waals surface area contributed by atoms with Gasteiger partial charge < -0.3 is 10.5 Å². The average Bonchev–Trinajstić information content (AvgIpc) is 2.39. The molecule has 18 heavy (non-hydrogen) atoms. The van der Waals surface area contributed by atoms with Gasteiger partial charge in [-0.15, -0.1) is 0 Å². The monoisotopic (exact) mass is 242 g/mol. The van der Waals surface area contributed by atoms with Crippen molar-refractivity contribution in [2.75, 3.05) is 5.73 Å². The van der Waals surface area contributed by atoms with E-state index in [2.05, 4.69) is 0 Å². The van der Waals surface area contributed by atoms with Crippen LogP contribution in [0.2, 0.25) is 0 Å². The van der Waals surface area contributed by atoms with Crippen LogP contribution in [-0.4, -0.2) is 0 Å². The van der Waals surface area contributed by atoms with E-state index < -0.39 is 0 Å². The number of hydrogen-bond donors (Lipinski definition) is 1. The van der Waals surface area contributed by atoms with Gasteiger partial charge in [0, 0.05) is 5.69 Å². The molecule has 0 aliphatic carbocycles. The lowest BCUT2D eigenvalue weighted by atomic mass is 10.2. The number of hydrogen-bond acceptors (Lipinski definition) is 3. The van der Waals surface area contributed by atoms with Crippen molar-refractivity contribution in [3.05, 3.63) is 59.4 Å². The van der Waals surface area contributed by atoms with Gasteiger partial charge in [0.05, 0.1) is 5.56 Å². The number of benzene rings is 2. The van der Waals surface area contributed by atoms with Gasteiger partial charge in [-0.25, -0.2) is 4.39 Å². The maximum absolute atomic E-state index is 12.7. The summed E-state index contributed by atoms with van der Waals surface area (Å²) in [6.45, 7) is 0.277. The fourth-order valence-corrected chi connectivity index (χ4v) is 1.50. The van der Waals surface area contributed by atoms with Gasteiger partial charge >= 0.3 is 0 Å². The third-order valence-electron chi connectivity index (χ3n) is 2.43. The van der Waals surface area contributed by atoms with Crippen LogP contribution in [0.4, 0.5) is 10.1 Å². The van der Waals surface area contributed by atoms with Crippen molar-refractivity contribution >= 4 is 5.69 Å². The molecule has 0 amide bonds. The Balaban J connectivity index is 2.11. The topological polar surface area (TPSA) is 59.0 Å². The van der Waals surface area contributed by atoms with Crippen LogP contribution in [-0.2, 0) is 6.61 Å². The minimum atomic E-state index is -0.288. The van der Waals surface area contributed by atoms with Crippen LogP contribution < -0.4 is 10.5 Å². The number of nitriles is 1. The molecule has 0 aliphatic rings. The summed E-state index contributed by atoms with van der Waals surface area (Å²) in [5.41, 5.74) is 7.31. The lowest BCUT2D eigenvalue weighted by Crippen LogP contribution is -1.98. The minimum Gasteiger partial charge on any atom is -0.488 e. The summed E-state index contributed by atoms with van der Waals surface area (Å²) in [5.74, 6) is 0.181. The molecule has 0 atom stereocenters. The van der Waals surface area contributed by atoms with Crippen LogP contribution >= 0.6 is 0 Å².